The maximum Gasteiger partial charge on any atom is 0.335 e. The van der Waals surface area contributed by atoms with Gasteiger partial charge in [0.1, 0.15) is 5.75 Å². The molecule has 1 amide bonds. The Morgan fingerprint density at radius 2 is 1.85 bits per heavy atom. The zero-order valence-electron chi connectivity index (χ0n) is 19.7. The van der Waals surface area contributed by atoms with Crippen molar-refractivity contribution in [3.8, 4) is 5.75 Å². The van der Waals surface area contributed by atoms with Crippen LogP contribution in [-0.4, -0.2) is 40.8 Å². The Balaban J connectivity index is 2.01. The molecule has 3 N–H and O–H groups in total. The normalized spacial score (nSPS) is 22.4. The Kier molecular flexibility index (Phi) is 8.57. The third-order valence-corrected chi connectivity index (χ3v) is 6.05. The molecule has 1 saturated heterocycles. The van der Waals surface area contributed by atoms with Gasteiger partial charge in [-0.25, -0.2) is 4.79 Å². The van der Waals surface area contributed by atoms with Crippen molar-refractivity contribution in [3.63, 3.8) is 0 Å². The molecule has 2 aromatic rings. The van der Waals surface area contributed by atoms with Crippen LogP contribution in [0.2, 0.25) is 5.02 Å². The summed E-state index contributed by atoms with van der Waals surface area (Å²) in [4.78, 5) is 24.1. The van der Waals surface area contributed by atoms with Crippen molar-refractivity contribution >= 4 is 23.5 Å². The van der Waals surface area contributed by atoms with Crippen LogP contribution < -0.4 is 10.1 Å². The Morgan fingerprint density at radius 3 is 2.47 bits per heavy atom. The summed E-state index contributed by atoms with van der Waals surface area (Å²) >= 11 is 6.07. The van der Waals surface area contributed by atoms with Gasteiger partial charge in [0.25, 0.3) is 0 Å². The predicted molar refractivity (Wildman–Crippen MR) is 129 cm³/mol. The third kappa shape index (κ3) is 6.72. The summed E-state index contributed by atoms with van der Waals surface area (Å²) in [5.74, 6) is -0.453. The SMILES string of the molecule is CC(C)COc1ccc(C(=O)O)cc1[C@H]1C[C@](C)(NC(=O)CCO)C[C@@H](c2ccc(Cl)cc2)O1. The van der Waals surface area contributed by atoms with Gasteiger partial charge in [0.15, 0.2) is 0 Å². The Bertz CT molecular complexity index is 1010. The first-order chi connectivity index (χ1) is 16.1. The molecule has 0 aliphatic carbocycles. The van der Waals surface area contributed by atoms with Crippen LogP contribution in [0.4, 0.5) is 0 Å². The molecule has 7 nitrogen and oxygen atoms in total. The lowest BCUT2D eigenvalue weighted by Crippen LogP contribution is -2.51. The topological polar surface area (TPSA) is 105 Å². The molecular weight excluding hydrogens is 458 g/mol. The van der Waals surface area contributed by atoms with Crippen LogP contribution in [0.3, 0.4) is 0 Å². The van der Waals surface area contributed by atoms with E-state index in [-0.39, 0.29) is 36.5 Å². The quantitative estimate of drug-likeness (QED) is 0.461. The smallest absolute Gasteiger partial charge is 0.335 e. The first kappa shape index (κ1) is 26.0. The fourth-order valence-corrected chi connectivity index (χ4v) is 4.30. The van der Waals surface area contributed by atoms with E-state index in [9.17, 15) is 19.8 Å². The minimum Gasteiger partial charge on any atom is -0.493 e. The monoisotopic (exact) mass is 489 g/mol. The van der Waals surface area contributed by atoms with E-state index in [1.807, 2.05) is 32.9 Å². The van der Waals surface area contributed by atoms with Crippen LogP contribution in [0.15, 0.2) is 42.5 Å². The maximum absolute atomic E-state index is 12.4. The summed E-state index contributed by atoms with van der Waals surface area (Å²) in [6.45, 7) is 6.24. The molecular formula is C26H32ClNO6. The number of carbonyl (C=O) groups excluding carboxylic acids is 1. The number of aromatic carboxylic acids is 1. The number of rotatable bonds is 9. The lowest BCUT2D eigenvalue weighted by atomic mass is 9.81. The van der Waals surface area contributed by atoms with Crippen molar-refractivity contribution in [2.75, 3.05) is 13.2 Å². The maximum atomic E-state index is 12.4. The lowest BCUT2D eigenvalue weighted by molar-refractivity contribution is -0.129. The number of carboxylic acids is 1. The predicted octanol–water partition coefficient (Wildman–Crippen LogP) is 4.92. The number of aliphatic hydroxyl groups excluding tert-OH is 1. The van der Waals surface area contributed by atoms with Crippen molar-refractivity contribution in [3.05, 3.63) is 64.2 Å². The molecule has 184 valence electrons. The number of amides is 1. The number of aliphatic hydroxyl groups is 1. The number of benzene rings is 2. The van der Waals surface area contributed by atoms with E-state index in [1.165, 1.54) is 6.07 Å². The van der Waals surface area contributed by atoms with E-state index in [2.05, 4.69) is 5.32 Å². The molecule has 34 heavy (non-hydrogen) atoms. The zero-order chi connectivity index (χ0) is 24.9. The van der Waals surface area contributed by atoms with Gasteiger partial charge >= 0.3 is 5.97 Å². The standard InChI is InChI=1S/C26H32ClNO6/c1-16(2)15-33-21-9-6-18(25(31)32)12-20(21)23-14-26(3,28-24(30)10-11-29)13-22(34-23)17-4-7-19(27)8-5-17/h4-9,12,16,22-23,29H,10-11,13-15H2,1-3H3,(H,28,30)(H,31,32)/t22-,23+,26+/m0/s1. The van der Waals surface area contributed by atoms with E-state index in [0.717, 1.165) is 5.56 Å². The summed E-state index contributed by atoms with van der Waals surface area (Å²) in [5.41, 5.74) is 1.00. The van der Waals surface area contributed by atoms with Crippen LogP contribution in [0.25, 0.3) is 0 Å². The third-order valence-electron chi connectivity index (χ3n) is 5.80. The van der Waals surface area contributed by atoms with Gasteiger partial charge in [-0.3, -0.25) is 4.79 Å². The van der Waals surface area contributed by atoms with Crippen molar-refractivity contribution in [1.29, 1.82) is 0 Å². The molecule has 0 bridgehead atoms. The van der Waals surface area contributed by atoms with Gasteiger partial charge in [0.2, 0.25) is 5.91 Å². The molecule has 1 aliphatic rings. The average Bonchev–Trinajstić information content (AvgIpc) is 2.77. The highest BCUT2D eigenvalue weighted by Gasteiger charge is 2.41. The highest BCUT2D eigenvalue weighted by Crippen LogP contribution is 2.46. The Labute approximate surface area is 205 Å². The van der Waals surface area contributed by atoms with E-state index >= 15 is 0 Å². The van der Waals surface area contributed by atoms with Gasteiger partial charge < -0.3 is 25.0 Å². The molecule has 0 unspecified atom stereocenters. The molecule has 3 atom stereocenters. The number of carboxylic acid groups (broad SMARTS) is 1. The van der Waals surface area contributed by atoms with E-state index in [0.29, 0.717) is 35.8 Å². The van der Waals surface area contributed by atoms with Gasteiger partial charge in [0, 0.05) is 35.4 Å². The molecule has 8 heteroatoms. The minimum absolute atomic E-state index is 0.00394. The van der Waals surface area contributed by atoms with Crippen LogP contribution >= 0.6 is 11.6 Å². The van der Waals surface area contributed by atoms with Crippen molar-refractivity contribution < 1.29 is 29.3 Å². The molecule has 3 rings (SSSR count). The van der Waals surface area contributed by atoms with Crippen LogP contribution in [0.5, 0.6) is 5.75 Å². The summed E-state index contributed by atoms with van der Waals surface area (Å²) in [6.07, 6.45) is 0.0137. The summed E-state index contributed by atoms with van der Waals surface area (Å²) < 4.78 is 12.5. The van der Waals surface area contributed by atoms with Crippen LogP contribution in [-0.2, 0) is 9.53 Å². The van der Waals surface area contributed by atoms with Gasteiger partial charge in [0.05, 0.1) is 31.0 Å². The molecule has 0 radical (unpaired) electrons. The highest BCUT2D eigenvalue weighted by molar-refractivity contribution is 6.30. The van der Waals surface area contributed by atoms with Gasteiger partial charge in [-0.05, 0) is 48.7 Å². The van der Waals surface area contributed by atoms with Crippen molar-refractivity contribution in [1.82, 2.24) is 5.32 Å². The van der Waals surface area contributed by atoms with E-state index < -0.39 is 17.6 Å². The second-order valence-electron chi connectivity index (χ2n) is 9.42. The van der Waals surface area contributed by atoms with Crippen LogP contribution in [0.1, 0.15) is 73.7 Å². The Morgan fingerprint density at radius 1 is 1.18 bits per heavy atom. The van der Waals surface area contributed by atoms with Gasteiger partial charge in [-0.1, -0.05) is 37.6 Å². The molecule has 0 aromatic heterocycles. The van der Waals surface area contributed by atoms with E-state index in [4.69, 9.17) is 21.1 Å². The first-order valence-corrected chi connectivity index (χ1v) is 11.8. The average molecular weight is 490 g/mol. The molecule has 0 spiro atoms. The van der Waals surface area contributed by atoms with Gasteiger partial charge in [-0.15, -0.1) is 0 Å². The van der Waals surface area contributed by atoms with E-state index in [1.54, 1.807) is 24.3 Å². The number of nitrogens with one attached hydrogen (secondary N) is 1. The Hall–Kier alpha value is -2.61. The zero-order valence-corrected chi connectivity index (χ0v) is 20.5. The fraction of sp³-hybridized carbons (Fsp3) is 0.462. The fourth-order valence-electron chi connectivity index (χ4n) is 4.18. The number of ether oxygens (including phenoxy) is 2. The molecule has 2 aromatic carbocycles. The first-order valence-electron chi connectivity index (χ1n) is 11.4. The largest absolute Gasteiger partial charge is 0.493 e. The van der Waals surface area contributed by atoms with Crippen LogP contribution in [0, 0.1) is 5.92 Å². The molecule has 1 aliphatic heterocycles. The number of carbonyl (C=O) groups is 2. The highest BCUT2D eigenvalue weighted by atomic mass is 35.5. The van der Waals surface area contributed by atoms with Crippen molar-refractivity contribution in [2.24, 2.45) is 5.92 Å². The lowest BCUT2D eigenvalue weighted by Gasteiger charge is -2.43. The molecule has 1 heterocycles. The second kappa shape index (κ2) is 11.2. The number of hydrogen-bond acceptors (Lipinski definition) is 5. The minimum atomic E-state index is -1.04. The second-order valence-corrected chi connectivity index (χ2v) is 9.85. The summed E-state index contributed by atoms with van der Waals surface area (Å²) in [7, 11) is 0. The summed E-state index contributed by atoms with van der Waals surface area (Å²) in [6, 6.07) is 12.1. The van der Waals surface area contributed by atoms with Gasteiger partial charge in [-0.2, -0.15) is 0 Å². The molecule has 0 saturated carbocycles. The molecule has 1 fully saturated rings. The van der Waals surface area contributed by atoms with Crippen molar-refractivity contribution in [2.45, 2.75) is 57.8 Å². The number of hydrogen-bond donors (Lipinski definition) is 3. The number of halogens is 1. The summed E-state index contributed by atoms with van der Waals surface area (Å²) in [5, 5.41) is 22.4.